The lowest BCUT2D eigenvalue weighted by Crippen LogP contribution is -2.36. The van der Waals surface area contributed by atoms with E-state index >= 15 is 0 Å². The van der Waals surface area contributed by atoms with E-state index in [0.717, 1.165) is 39.5 Å². The lowest BCUT2D eigenvalue weighted by atomic mass is 10.1. The molecule has 0 atom stereocenters. The standard InChI is InChI=1S/C21H22N6O.HI/c1-15-18-5-3-4-6-19(18)28-20(15)12-25-21(22-2)24-11-16-7-9-17(10-8-16)27-14-23-13-26-27;/h3-10,13-14H,11-12H2,1-2H3,(H2,22,24,25);1H. The second-order valence-corrected chi connectivity index (χ2v) is 6.43. The van der Waals surface area contributed by atoms with Gasteiger partial charge in [-0.15, -0.1) is 24.0 Å². The van der Waals surface area contributed by atoms with Crippen LogP contribution in [0, 0.1) is 6.92 Å². The van der Waals surface area contributed by atoms with Crippen LogP contribution in [0.15, 0.2) is 70.6 Å². The number of aryl methyl sites for hydroxylation is 1. The molecule has 150 valence electrons. The number of furan rings is 1. The number of hydrogen-bond acceptors (Lipinski definition) is 4. The fraction of sp³-hybridized carbons (Fsp3) is 0.190. The molecule has 0 saturated carbocycles. The highest BCUT2D eigenvalue weighted by Gasteiger charge is 2.10. The predicted octanol–water partition coefficient (Wildman–Crippen LogP) is 3.81. The molecule has 0 fully saturated rings. The first-order valence-corrected chi connectivity index (χ1v) is 9.10. The zero-order valence-corrected chi connectivity index (χ0v) is 18.6. The Kier molecular flexibility index (Phi) is 6.86. The molecular formula is C21H23IN6O. The van der Waals surface area contributed by atoms with Crippen LogP contribution in [0.5, 0.6) is 0 Å². The maximum Gasteiger partial charge on any atom is 0.191 e. The van der Waals surface area contributed by atoms with Gasteiger partial charge in [0.15, 0.2) is 5.96 Å². The van der Waals surface area contributed by atoms with Crippen LogP contribution in [-0.4, -0.2) is 27.8 Å². The lowest BCUT2D eigenvalue weighted by Gasteiger charge is -2.11. The number of aromatic nitrogens is 3. The van der Waals surface area contributed by atoms with Crippen molar-refractivity contribution >= 4 is 40.9 Å². The molecule has 0 aliphatic rings. The van der Waals surface area contributed by atoms with Crippen molar-refractivity contribution < 1.29 is 4.42 Å². The van der Waals surface area contributed by atoms with Crippen LogP contribution < -0.4 is 10.6 Å². The van der Waals surface area contributed by atoms with E-state index in [1.54, 1.807) is 18.1 Å². The number of nitrogens with one attached hydrogen (secondary N) is 2. The number of hydrogen-bond donors (Lipinski definition) is 2. The summed E-state index contributed by atoms with van der Waals surface area (Å²) in [6, 6.07) is 16.2. The fourth-order valence-electron chi connectivity index (χ4n) is 3.07. The average Bonchev–Trinajstić information content (AvgIpc) is 3.38. The Labute approximate surface area is 186 Å². The Bertz CT molecular complexity index is 1090. The van der Waals surface area contributed by atoms with Crippen LogP contribution in [-0.2, 0) is 13.1 Å². The maximum atomic E-state index is 5.95. The Balaban J connectivity index is 0.00000240. The van der Waals surface area contributed by atoms with E-state index in [4.69, 9.17) is 4.42 Å². The highest BCUT2D eigenvalue weighted by Crippen LogP contribution is 2.24. The predicted molar refractivity (Wildman–Crippen MR) is 125 cm³/mol. The molecule has 0 bridgehead atoms. The zero-order valence-electron chi connectivity index (χ0n) is 16.3. The molecule has 2 aromatic carbocycles. The van der Waals surface area contributed by atoms with E-state index in [0.29, 0.717) is 13.1 Å². The highest BCUT2D eigenvalue weighted by molar-refractivity contribution is 14.0. The molecule has 0 aliphatic carbocycles. The van der Waals surface area contributed by atoms with Gasteiger partial charge in [-0.25, -0.2) is 9.67 Å². The van der Waals surface area contributed by atoms with Crippen molar-refractivity contribution in [3.63, 3.8) is 0 Å². The molecule has 0 spiro atoms. The summed E-state index contributed by atoms with van der Waals surface area (Å²) in [4.78, 5) is 8.26. The number of benzene rings is 2. The lowest BCUT2D eigenvalue weighted by molar-refractivity contribution is 0.534. The molecule has 0 saturated heterocycles. The SMILES string of the molecule is CN=C(NCc1ccc(-n2cncn2)cc1)NCc1oc2ccccc2c1C.I. The minimum atomic E-state index is 0. The molecule has 8 heteroatoms. The molecule has 4 aromatic rings. The molecule has 4 rings (SSSR count). The molecule has 0 radical (unpaired) electrons. The van der Waals surface area contributed by atoms with E-state index in [1.807, 2.05) is 30.3 Å². The Morgan fingerprint density at radius 2 is 1.83 bits per heavy atom. The third-order valence-electron chi connectivity index (χ3n) is 4.66. The molecule has 0 unspecified atom stereocenters. The van der Waals surface area contributed by atoms with E-state index in [2.05, 4.69) is 50.8 Å². The summed E-state index contributed by atoms with van der Waals surface area (Å²) in [5, 5.41) is 11.9. The molecule has 7 nitrogen and oxygen atoms in total. The number of rotatable bonds is 5. The molecule has 2 heterocycles. The summed E-state index contributed by atoms with van der Waals surface area (Å²) in [7, 11) is 1.76. The third-order valence-corrected chi connectivity index (χ3v) is 4.66. The summed E-state index contributed by atoms with van der Waals surface area (Å²) in [6.07, 6.45) is 3.20. The minimum Gasteiger partial charge on any atom is -0.459 e. The second-order valence-electron chi connectivity index (χ2n) is 6.43. The van der Waals surface area contributed by atoms with E-state index in [1.165, 1.54) is 6.33 Å². The minimum absolute atomic E-state index is 0. The van der Waals surface area contributed by atoms with E-state index in [9.17, 15) is 0 Å². The molecular weight excluding hydrogens is 479 g/mol. The number of guanidine groups is 1. The van der Waals surface area contributed by atoms with E-state index < -0.39 is 0 Å². The molecule has 0 aliphatic heterocycles. The van der Waals surface area contributed by atoms with Crippen molar-refractivity contribution in [2.75, 3.05) is 7.05 Å². The van der Waals surface area contributed by atoms with Crippen LogP contribution in [0.25, 0.3) is 16.7 Å². The number of para-hydroxylation sites is 1. The number of aliphatic imine (C=N–C) groups is 1. The van der Waals surface area contributed by atoms with Crippen LogP contribution in [0.3, 0.4) is 0 Å². The van der Waals surface area contributed by atoms with Crippen molar-refractivity contribution in [2.24, 2.45) is 4.99 Å². The molecule has 2 aromatic heterocycles. The number of halogens is 1. The largest absolute Gasteiger partial charge is 0.459 e. The zero-order chi connectivity index (χ0) is 19.3. The Morgan fingerprint density at radius 3 is 2.52 bits per heavy atom. The van der Waals surface area contributed by atoms with Crippen molar-refractivity contribution in [1.82, 2.24) is 25.4 Å². The monoisotopic (exact) mass is 502 g/mol. The highest BCUT2D eigenvalue weighted by atomic mass is 127. The summed E-state index contributed by atoms with van der Waals surface area (Å²) in [5.41, 5.74) is 4.19. The first-order valence-electron chi connectivity index (χ1n) is 9.10. The van der Waals surface area contributed by atoms with Gasteiger partial charge in [0.2, 0.25) is 0 Å². The van der Waals surface area contributed by atoms with Gasteiger partial charge in [0, 0.05) is 24.5 Å². The Morgan fingerprint density at radius 1 is 1.07 bits per heavy atom. The van der Waals surface area contributed by atoms with Crippen molar-refractivity contribution in [3.05, 3.63) is 78.1 Å². The van der Waals surface area contributed by atoms with Crippen LogP contribution in [0.2, 0.25) is 0 Å². The van der Waals surface area contributed by atoms with Gasteiger partial charge in [-0.3, -0.25) is 4.99 Å². The number of nitrogens with zero attached hydrogens (tertiary/aromatic N) is 4. The second kappa shape index (κ2) is 9.55. The maximum absolute atomic E-state index is 5.95. The van der Waals surface area contributed by atoms with Gasteiger partial charge in [0.05, 0.1) is 12.2 Å². The first-order chi connectivity index (χ1) is 13.7. The molecule has 2 N–H and O–H groups in total. The van der Waals surface area contributed by atoms with Crippen LogP contribution >= 0.6 is 24.0 Å². The van der Waals surface area contributed by atoms with Gasteiger partial charge in [-0.2, -0.15) is 5.10 Å². The quantitative estimate of drug-likeness (QED) is 0.247. The van der Waals surface area contributed by atoms with Gasteiger partial charge in [-0.05, 0) is 30.7 Å². The van der Waals surface area contributed by atoms with Crippen LogP contribution in [0.4, 0.5) is 0 Å². The van der Waals surface area contributed by atoms with Crippen molar-refractivity contribution in [1.29, 1.82) is 0 Å². The smallest absolute Gasteiger partial charge is 0.191 e. The first kappa shape index (κ1) is 20.8. The van der Waals surface area contributed by atoms with Gasteiger partial charge in [0.1, 0.15) is 24.0 Å². The number of fused-ring (bicyclic) bond motifs is 1. The summed E-state index contributed by atoms with van der Waals surface area (Å²) < 4.78 is 7.68. The van der Waals surface area contributed by atoms with E-state index in [-0.39, 0.29) is 24.0 Å². The normalized spacial score (nSPS) is 11.3. The van der Waals surface area contributed by atoms with Gasteiger partial charge in [-0.1, -0.05) is 30.3 Å². The molecule has 0 amide bonds. The topological polar surface area (TPSA) is 80.3 Å². The van der Waals surface area contributed by atoms with Crippen LogP contribution in [0.1, 0.15) is 16.9 Å². The fourth-order valence-corrected chi connectivity index (χ4v) is 3.07. The third kappa shape index (κ3) is 4.76. The molecule has 29 heavy (non-hydrogen) atoms. The summed E-state index contributed by atoms with van der Waals surface area (Å²) in [5.74, 6) is 1.64. The van der Waals surface area contributed by atoms with Crippen molar-refractivity contribution in [3.8, 4) is 5.69 Å². The summed E-state index contributed by atoms with van der Waals surface area (Å²) in [6.45, 7) is 3.32. The summed E-state index contributed by atoms with van der Waals surface area (Å²) >= 11 is 0. The van der Waals surface area contributed by atoms with Gasteiger partial charge in [0.25, 0.3) is 0 Å². The average molecular weight is 502 g/mol. The van der Waals surface area contributed by atoms with Crippen molar-refractivity contribution in [2.45, 2.75) is 20.0 Å². The van der Waals surface area contributed by atoms with Gasteiger partial charge < -0.3 is 15.1 Å². The van der Waals surface area contributed by atoms with Gasteiger partial charge >= 0.3 is 0 Å². The Hall–Kier alpha value is -2.88.